The number of rotatable bonds is 4. The lowest BCUT2D eigenvalue weighted by atomic mass is 10.2. The molecule has 6 heteroatoms. The van der Waals surface area contributed by atoms with Crippen LogP contribution in [0.1, 0.15) is 5.69 Å². The Balaban J connectivity index is 2.06. The largest absolute Gasteiger partial charge is 0.495 e. The van der Waals surface area contributed by atoms with Gasteiger partial charge >= 0.3 is 4.87 Å². The Hall–Kier alpha value is -1.95. The van der Waals surface area contributed by atoms with Gasteiger partial charge in [0.2, 0.25) is 0 Å². The summed E-state index contributed by atoms with van der Waals surface area (Å²) >= 11 is 1.15. The summed E-state index contributed by atoms with van der Waals surface area (Å²) in [5, 5.41) is 4.97. The number of aromatic nitrogens is 1. The van der Waals surface area contributed by atoms with Gasteiger partial charge in [-0.3, -0.25) is 4.79 Å². The van der Waals surface area contributed by atoms with Gasteiger partial charge in [-0.2, -0.15) is 0 Å². The number of hydrogen-bond donors (Lipinski definition) is 3. The van der Waals surface area contributed by atoms with Crippen LogP contribution >= 0.6 is 11.3 Å². The van der Waals surface area contributed by atoms with Gasteiger partial charge in [0.25, 0.3) is 0 Å². The summed E-state index contributed by atoms with van der Waals surface area (Å²) in [6, 6.07) is 5.46. The highest BCUT2D eigenvalue weighted by atomic mass is 32.1. The molecule has 5 nitrogen and oxygen atoms in total. The maximum absolute atomic E-state index is 10.9. The molecule has 1 aromatic heterocycles. The van der Waals surface area contributed by atoms with Crippen molar-refractivity contribution in [1.29, 1.82) is 0 Å². The van der Waals surface area contributed by atoms with E-state index in [1.165, 1.54) is 0 Å². The molecule has 90 valence electrons. The Morgan fingerprint density at radius 2 is 2.35 bits per heavy atom. The van der Waals surface area contributed by atoms with Gasteiger partial charge in [-0.05, 0) is 12.1 Å². The first-order valence-electron chi connectivity index (χ1n) is 5.03. The van der Waals surface area contributed by atoms with Crippen LogP contribution in [0.3, 0.4) is 0 Å². The number of nitrogen functional groups attached to an aromatic ring is 1. The molecule has 0 fully saturated rings. The summed E-state index contributed by atoms with van der Waals surface area (Å²) in [6.45, 7) is 0.561. The SMILES string of the molecule is COc1cc(NCc2csc(=O)[nH]2)ccc1N. The number of benzene rings is 1. The highest BCUT2D eigenvalue weighted by Gasteiger charge is 2.01. The Morgan fingerprint density at radius 1 is 1.53 bits per heavy atom. The molecule has 2 aromatic rings. The van der Waals surface area contributed by atoms with Crippen LogP contribution in [0.25, 0.3) is 0 Å². The number of nitrogens with two attached hydrogens (primary N) is 1. The molecule has 0 aliphatic heterocycles. The summed E-state index contributed by atoms with van der Waals surface area (Å²) in [6.07, 6.45) is 0. The second kappa shape index (κ2) is 4.92. The Labute approximate surface area is 102 Å². The minimum Gasteiger partial charge on any atom is -0.495 e. The smallest absolute Gasteiger partial charge is 0.304 e. The zero-order valence-corrected chi connectivity index (χ0v) is 10.1. The van der Waals surface area contributed by atoms with E-state index in [-0.39, 0.29) is 4.87 Å². The first kappa shape index (κ1) is 11.5. The minimum atomic E-state index is -0.0447. The molecule has 0 saturated heterocycles. The number of thiazole rings is 1. The van der Waals surface area contributed by atoms with Gasteiger partial charge in [-0.1, -0.05) is 11.3 Å². The van der Waals surface area contributed by atoms with Gasteiger partial charge in [0.1, 0.15) is 5.75 Å². The van der Waals surface area contributed by atoms with Crippen LogP contribution in [-0.4, -0.2) is 12.1 Å². The van der Waals surface area contributed by atoms with E-state index in [0.29, 0.717) is 18.0 Å². The van der Waals surface area contributed by atoms with Crippen molar-refractivity contribution in [3.05, 3.63) is 38.9 Å². The molecule has 0 amide bonds. The van der Waals surface area contributed by atoms with Gasteiger partial charge in [-0.15, -0.1) is 0 Å². The van der Waals surface area contributed by atoms with Crippen molar-refractivity contribution in [2.24, 2.45) is 0 Å². The first-order valence-corrected chi connectivity index (χ1v) is 5.91. The second-order valence-corrected chi connectivity index (χ2v) is 4.33. The van der Waals surface area contributed by atoms with Crippen molar-refractivity contribution in [2.75, 3.05) is 18.2 Å². The van der Waals surface area contributed by atoms with Crippen LogP contribution in [0.15, 0.2) is 28.4 Å². The standard InChI is InChI=1S/C11H13N3O2S/c1-16-10-4-7(2-3-9(10)12)13-5-8-6-17-11(15)14-8/h2-4,6,13H,5,12H2,1H3,(H,14,15). The summed E-state index contributed by atoms with van der Waals surface area (Å²) in [5.74, 6) is 0.633. The van der Waals surface area contributed by atoms with Crippen LogP contribution in [0, 0.1) is 0 Å². The molecule has 1 aromatic carbocycles. The Morgan fingerprint density at radius 3 is 3.00 bits per heavy atom. The fourth-order valence-electron chi connectivity index (χ4n) is 1.42. The van der Waals surface area contributed by atoms with E-state index in [4.69, 9.17) is 10.5 Å². The monoisotopic (exact) mass is 251 g/mol. The lowest BCUT2D eigenvalue weighted by Crippen LogP contribution is -2.03. The molecule has 0 spiro atoms. The van der Waals surface area contributed by atoms with E-state index in [1.807, 2.05) is 12.1 Å². The van der Waals surface area contributed by atoms with Gasteiger partial charge in [0, 0.05) is 22.8 Å². The van der Waals surface area contributed by atoms with Crippen LogP contribution < -0.4 is 20.7 Å². The quantitative estimate of drug-likeness (QED) is 0.722. The highest BCUT2D eigenvalue weighted by molar-refractivity contribution is 7.07. The van der Waals surface area contributed by atoms with Crippen molar-refractivity contribution in [1.82, 2.24) is 4.98 Å². The molecular formula is C11H13N3O2S. The first-order chi connectivity index (χ1) is 8.19. The summed E-state index contributed by atoms with van der Waals surface area (Å²) in [7, 11) is 1.58. The number of H-pyrrole nitrogens is 1. The second-order valence-electron chi connectivity index (χ2n) is 3.48. The van der Waals surface area contributed by atoms with Crippen molar-refractivity contribution in [3.63, 3.8) is 0 Å². The number of aromatic amines is 1. The zero-order chi connectivity index (χ0) is 12.3. The molecule has 0 radical (unpaired) electrons. The molecule has 0 unspecified atom stereocenters. The summed E-state index contributed by atoms with van der Waals surface area (Å²) < 4.78 is 5.12. The fourth-order valence-corrected chi connectivity index (χ4v) is 2.00. The van der Waals surface area contributed by atoms with Crippen molar-refractivity contribution in [2.45, 2.75) is 6.54 Å². The molecule has 0 aliphatic carbocycles. The number of ether oxygens (including phenoxy) is 1. The number of nitrogens with one attached hydrogen (secondary N) is 2. The number of methoxy groups -OCH3 is 1. The molecule has 2 rings (SSSR count). The van der Waals surface area contributed by atoms with Gasteiger partial charge < -0.3 is 20.8 Å². The van der Waals surface area contributed by atoms with Gasteiger partial charge in [0.05, 0.1) is 19.3 Å². The van der Waals surface area contributed by atoms with E-state index in [0.717, 1.165) is 22.7 Å². The zero-order valence-electron chi connectivity index (χ0n) is 9.32. The third-order valence-electron chi connectivity index (χ3n) is 2.29. The van der Waals surface area contributed by atoms with Crippen LogP contribution in [0.5, 0.6) is 5.75 Å². The highest BCUT2D eigenvalue weighted by Crippen LogP contribution is 2.25. The molecule has 4 N–H and O–H groups in total. The molecule has 0 atom stereocenters. The van der Waals surface area contributed by atoms with E-state index < -0.39 is 0 Å². The number of hydrogen-bond acceptors (Lipinski definition) is 5. The van der Waals surface area contributed by atoms with E-state index in [9.17, 15) is 4.79 Å². The maximum Gasteiger partial charge on any atom is 0.304 e. The van der Waals surface area contributed by atoms with Crippen LogP contribution in [0.2, 0.25) is 0 Å². The lowest BCUT2D eigenvalue weighted by molar-refractivity contribution is 0.417. The maximum atomic E-state index is 10.9. The summed E-state index contributed by atoms with van der Waals surface area (Å²) in [5.41, 5.74) is 8.06. The van der Waals surface area contributed by atoms with E-state index in [2.05, 4.69) is 10.3 Å². The average Bonchev–Trinajstić information content (AvgIpc) is 2.74. The third kappa shape index (κ3) is 2.79. The normalized spacial score (nSPS) is 10.2. The topological polar surface area (TPSA) is 80.1 Å². The van der Waals surface area contributed by atoms with Crippen LogP contribution in [0.4, 0.5) is 11.4 Å². The molecule has 0 saturated carbocycles. The third-order valence-corrected chi connectivity index (χ3v) is 3.01. The molecule has 0 bridgehead atoms. The van der Waals surface area contributed by atoms with Crippen molar-refractivity contribution < 1.29 is 4.74 Å². The predicted molar refractivity (Wildman–Crippen MR) is 69.7 cm³/mol. The van der Waals surface area contributed by atoms with Gasteiger partial charge in [-0.25, -0.2) is 0 Å². The van der Waals surface area contributed by atoms with Crippen molar-refractivity contribution >= 4 is 22.7 Å². The molecule has 17 heavy (non-hydrogen) atoms. The van der Waals surface area contributed by atoms with Gasteiger partial charge in [0.15, 0.2) is 0 Å². The predicted octanol–water partition coefficient (Wildman–Crippen LogP) is 1.64. The van der Waals surface area contributed by atoms with Crippen molar-refractivity contribution in [3.8, 4) is 5.75 Å². The molecule has 0 aliphatic rings. The molecule has 1 heterocycles. The molecular weight excluding hydrogens is 238 g/mol. The minimum absolute atomic E-state index is 0.0447. The Kier molecular flexibility index (Phi) is 3.34. The number of anilines is 2. The lowest BCUT2D eigenvalue weighted by Gasteiger charge is -2.08. The fraction of sp³-hybridized carbons (Fsp3) is 0.182. The van der Waals surface area contributed by atoms with E-state index >= 15 is 0 Å². The summed E-state index contributed by atoms with van der Waals surface area (Å²) in [4.78, 5) is 13.6. The van der Waals surface area contributed by atoms with Crippen LogP contribution in [-0.2, 0) is 6.54 Å². The Bertz CT molecular complexity index is 562. The average molecular weight is 251 g/mol. The van der Waals surface area contributed by atoms with E-state index in [1.54, 1.807) is 18.6 Å².